The van der Waals surface area contributed by atoms with Gasteiger partial charge in [0.1, 0.15) is 9.71 Å². The lowest BCUT2D eigenvalue weighted by Gasteiger charge is -2.34. The number of hydrogen-bond acceptors (Lipinski definition) is 4. The maximum Gasteiger partial charge on any atom is 0.263 e. The summed E-state index contributed by atoms with van der Waals surface area (Å²) in [4.78, 5) is 18.2. The van der Waals surface area contributed by atoms with Crippen LogP contribution in [-0.4, -0.2) is 16.9 Å². The first-order valence-electron chi connectivity index (χ1n) is 7.51. The van der Waals surface area contributed by atoms with Gasteiger partial charge in [-0.3, -0.25) is 4.79 Å². The van der Waals surface area contributed by atoms with Gasteiger partial charge in [0.25, 0.3) is 5.91 Å². The molecule has 0 bridgehead atoms. The van der Waals surface area contributed by atoms with Gasteiger partial charge < -0.3 is 11.1 Å². The normalized spacial score (nSPS) is 25.9. The number of nitrogens with zero attached hydrogens (tertiary/aromatic N) is 1. The van der Waals surface area contributed by atoms with Gasteiger partial charge in [-0.1, -0.05) is 26.7 Å². The van der Waals surface area contributed by atoms with E-state index >= 15 is 0 Å². The third-order valence-electron chi connectivity index (χ3n) is 4.73. The van der Waals surface area contributed by atoms with Crippen molar-refractivity contribution in [3.05, 3.63) is 23.2 Å². The second-order valence-corrected chi connectivity index (χ2v) is 7.05. The molecule has 3 rings (SSSR count). The van der Waals surface area contributed by atoms with E-state index in [-0.39, 0.29) is 11.9 Å². The third-order valence-corrected chi connectivity index (χ3v) is 5.86. The molecule has 0 aromatic carbocycles. The topological polar surface area (TPSA) is 68.0 Å². The summed E-state index contributed by atoms with van der Waals surface area (Å²) in [6.45, 7) is 4.49. The van der Waals surface area contributed by atoms with Crippen molar-refractivity contribution in [2.75, 3.05) is 5.73 Å². The van der Waals surface area contributed by atoms with E-state index in [0.717, 1.165) is 16.6 Å². The molecule has 4 nitrogen and oxygen atoms in total. The molecule has 2 aromatic heterocycles. The maximum absolute atomic E-state index is 12.5. The third kappa shape index (κ3) is 2.62. The Morgan fingerprint density at radius 1 is 1.43 bits per heavy atom. The summed E-state index contributed by atoms with van der Waals surface area (Å²) < 4.78 is 0. The number of carbonyl (C=O) groups is 1. The molecule has 1 amide bonds. The van der Waals surface area contributed by atoms with Gasteiger partial charge in [0.15, 0.2) is 0 Å². The fourth-order valence-corrected chi connectivity index (χ4v) is 4.11. The van der Waals surface area contributed by atoms with E-state index in [1.54, 1.807) is 6.20 Å². The van der Waals surface area contributed by atoms with Crippen molar-refractivity contribution in [2.45, 2.75) is 39.2 Å². The Bertz CT molecular complexity index is 667. The highest BCUT2D eigenvalue weighted by atomic mass is 32.1. The number of thiophene rings is 1. The Kier molecular flexibility index (Phi) is 3.85. The molecule has 2 aromatic rings. The van der Waals surface area contributed by atoms with Crippen molar-refractivity contribution in [3.63, 3.8) is 0 Å². The van der Waals surface area contributed by atoms with Crippen molar-refractivity contribution in [1.29, 1.82) is 0 Å². The zero-order valence-corrected chi connectivity index (χ0v) is 13.2. The van der Waals surface area contributed by atoms with Gasteiger partial charge in [-0.25, -0.2) is 4.98 Å². The highest BCUT2D eigenvalue weighted by Crippen LogP contribution is 2.33. The molecule has 3 atom stereocenters. The van der Waals surface area contributed by atoms with Gasteiger partial charge in [-0.15, -0.1) is 11.3 Å². The lowest BCUT2D eigenvalue weighted by atomic mass is 9.78. The summed E-state index contributed by atoms with van der Waals surface area (Å²) in [5.74, 6) is 1.11. The number of amides is 1. The Morgan fingerprint density at radius 3 is 3.00 bits per heavy atom. The van der Waals surface area contributed by atoms with E-state index in [9.17, 15) is 4.79 Å². The predicted molar refractivity (Wildman–Crippen MR) is 87.5 cm³/mol. The SMILES string of the molecule is CC1CCCC(NC(=O)c2sc3ncccc3c2N)C1C. The van der Waals surface area contributed by atoms with Crippen molar-refractivity contribution in [3.8, 4) is 0 Å². The average molecular weight is 303 g/mol. The van der Waals surface area contributed by atoms with Crippen LogP contribution >= 0.6 is 11.3 Å². The lowest BCUT2D eigenvalue weighted by Crippen LogP contribution is -2.43. The summed E-state index contributed by atoms with van der Waals surface area (Å²) in [5.41, 5.74) is 6.67. The number of anilines is 1. The summed E-state index contributed by atoms with van der Waals surface area (Å²) >= 11 is 1.37. The second-order valence-electron chi connectivity index (χ2n) is 6.05. The molecule has 1 fully saturated rings. The molecule has 0 radical (unpaired) electrons. The smallest absolute Gasteiger partial charge is 0.263 e. The van der Waals surface area contributed by atoms with Crippen LogP contribution in [0.15, 0.2) is 18.3 Å². The second kappa shape index (κ2) is 5.64. The number of nitrogens with one attached hydrogen (secondary N) is 1. The van der Waals surface area contributed by atoms with Crippen LogP contribution in [0.5, 0.6) is 0 Å². The minimum Gasteiger partial charge on any atom is -0.397 e. The number of rotatable bonds is 2. The molecular weight excluding hydrogens is 282 g/mol. The van der Waals surface area contributed by atoms with Gasteiger partial charge in [-0.05, 0) is 30.4 Å². The molecule has 1 saturated carbocycles. The highest BCUT2D eigenvalue weighted by molar-refractivity contribution is 7.21. The molecular formula is C16H21N3OS. The molecule has 1 aliphatic carbocycles. The summed E-state index contributed by atoms with van der Waals surface area (Å²) in [7, 11) is 0. The van der Waals surface area contributed by atoms with Gasteiger partial charge in [-0.2, -0.15) is 0 Å². The quantitative estimate of drug-likeness (QED) is 0.893. The molecule has 0 saturated heterocycles. The van der Waals surface area contributed by atoms with Crippen LogP contribution in [-0.2, 0) is 0 Å². The van der Waals surface area contributed by atoms with Gasteiger partial charge in [0.2, 0.25) is 0 Å². The zero-order chi connectivity index (χ0) is 15.0. The maximum atomic E-state index is 12.5. The predicted octanol–water partition coefficient (Wildman–Crippen LogP) is 3.43. The highest BCUT2D eigenvalue weighted by Gasteiger charge is 2.29. The number of carbonyl (C=O) groups excluding carboxylic acids is 1. The van der Waals surface area contributed by atoms with Crippen molar-refractivity contribution < 1.29 is 4.79 Å². The summed E-state index contributed by atoms with van der Waals surface area (Å²) in [6.07, 6.45) is 5.22. The number of nitrogen functional groups attached to an aromatic ring is 1. The number of aromatic nitrogens is 1. The first kappa shape index (κ1) is 14.3. The van der Waals surface area contributed by atoms with Crippen molar-refractivity contribution in [1.82, 2.24) is 10.3 Å². The monoisotopic (exact) mass is 303 g/mol. The number of nitrogens with two attached hydrogens (primary N) is 1. The van der Waals surface area contributed by atoms with E-state index < -0.39 is 0 Å². The first-order chi connectivity index (χ1) is 10.1. The fraction of sp³-hybridized carbons (Fsp3) is 0.500. The van der Waals surface area contributed by atoms with Crippen molar-refractivity contribution in [2.24, 2.45) is 11.8 Å². The molecule has 0 aliphatic heterocycles. The standard InChI is InChI=1S/C16H21N3OS/c1-9-5-3-7-12(10(9)2)19-15(20)14-13(17)11-6-4-8-18-16(11)21-14/h4,6,8-10,12H,3,5,7,17H2,1-2H3,(H,19,20). The first-order valence-corrected chi connectivity index (χ1v) is 8.33. The Hall–Kier alpha value is -1.62. The van der Waals surface area contributed by atoms with Crippen LogP contribution in [0, 0.1) is 11.8 Å². The van der Waals surface area contributed by atoms with Crippen LogP contribution < -0.4 is 11.1 Å². The van der Waals surface area contributed by atoms with Gasteiger partial charge in [0, 0.05) is 17.6 Å². The van der Waals surface area contributed by atoms with E-state index in [0.29, 0.717) is 22.4 Å². The van der Waals surface area contributed by atoms with Crippen LogP contribution in [0.2, 0.25) is 0 Å². The lowest BCUT2D eigenvalue weighted by molar-refractivity contribution is 0.0896. The molecule has 0 spiro atoms. The van der Waals surface area contributed by atoms with E-state index in [2.05, 4.69) is 24.1 Å². The molecule has 5 heteroatoms. The van der Waals surface area contributed by atoms with Crippen LogP contribution in [0.3, 0.4) is 0 Å². The van der Waals surface area contributed by atoms with Crippen LogP contribution in [0.25, 0.3) is 10.2 Å². The number of hydrogen-bond donors (Lipinski definition) is 2. The Morgan fingerprint density at radius 2 is 2.24 bits per heavy atom. The number of fused-ring (bicyclic) bond motifs is 1. The van der Waals surface area contributed by atoms with Crippen LogP contribution in [0.1, 0.15) is 42.8 Å². The summed E-state index contributed by atoms with van der Waals surface area (Å²) in [6, 6.07) is 4.01. The van der Waals surface area contributed by atoms with Crippen LogP contribution in [0.4, 0.5) is 5.69 Å². The average Bonchev–Trinajstić information content (AvgIpc) is 2.82. The number of pyridine rings is 1. The Labute approximate surface area is 128 Å². The van der Waals surface area contributed by atoms with E-state index in [4.69, 9.17) is 5.73 Å². The molecule has 21 heavy (non-hydrogen) atoms. The van der Waals surface area contributed by atoms with Crippen molar-refractivity contribution >= 4 is 33.1 Å². The fourth-order valence-electron chi connectivity index (χ4n) is 3.14. The van der Waals surface area contributed by atoms with E-state index in [1.807, 2.05) is 12.1 Å². The van der Waals surface area contributed by atoms with Gasteiger partial charge >= 0.3 is 0 Å². The molecule has 3 unspecified atom stereocenters. The minimum atomic E-state index is -0.0542. The molecule has 112 valence electrons. The van der Waals surface area contributed by atoms with Gasteiger partial charge in [0.05, 0.1) is 5.69 Å². The molecule has 3 N–H and O–H groups in total. The molecule has 1 aliphatic rings. The molecule has 2 heterocycles. The van der Waals surface area contributed by atoms with E-state index in [1.165, 1.54) is 24.2 Å². The zero-order valence-electron chi connectivity index (χ0n) is 12.4. The summed E-state index contributed by atoms with van der Waals surface area (Å²) in [5, 5.41) is 4.05. The minimum absolute atomic E-state index is 0.0542. The Balaban J connectivity index is 1.82. The largest absolute Gasteiger partial charge is 0.397 e.